The Balaban J connectivity index is 2.31. The van der Waals surface area contributed by atoms with Crippen LogP contribution in [0.2, 0.25) is 10.0 Å². The predicted molar refractivity (Wildman–Crippen MR) is 90.1 cm³/mol. The molecule has 0 radical (unpaired) electrons. The molecule has 1 aromatic carbocycles. The highest BCUT2D eigenvalue weighted by Gasteiger charge is 2.22. The van der Waals surface area contributed by atoms with Crippen molar-refractivity contribution in [2.24, 2.45) is 5.73 Å². The molecule has 20 heavy (non-hydrogen) atoms. The smallest absolute Gasteiger partial charge is 0.140 e. The van der Waals surface area contributed by atoms with Crippen molar-refractivity contribution < 1.29 is 4.74 Å². The largest absolute Gasteiger partial charge is 0.482 e. The van der Waals surface area contributed by atoms with Crippen LogP contribution in [0.25, 0.3) is 0 Å². The minimum Gasteiger partial charge on any atom is -0.482 e. The lowest BCUT2D eigenvalue weighted by Crippen LogP contribution is -2.31. The fraction of sp³-hybridized carbons (Fsp3) is 0.286. The van der Waals surface area contributed by atoms with Crippen molar-refractivity contribution in [2.45, 2.75) is 25.5 Å². The molecule has 2 nitrogen and oxygen atoms in total. The molecule has 2 unspecified atom stereocenters. The molecule has 2 rings (SSSR count). The van der Waals surface area contributed by atoms with Crippen molar-refractivity contribution in [3.63, 3.8) is 0 Å². The first-order valence-corrected chi connectivity index (χ1v) is 8.61. The van der Waals surface area contributed by atoms with Gasteiger partial charge in [0.25, 0.3) is 0 Å². The van der Waals surface area contributed by atoms with Gasteiger partial charge in [-0.3, -0.25) is 0 Å². The third kappa shape index (κ3) is 3.68. The Bertz CT molecular complexity index is 577. The zero-order valence-corrected chi connectivity index (χ0v) is 14.7. The lowest BCUT2D eigenvalue weighted by molar-refractivity contribution is 0.171. The summed E-state index contributed by atoms with van der Waals surface area (Å²) in [4.78, 5) is 0. The number of thiophene rings is 1. The van der Waals surface area contributed by atoms with E-state index in [2.05, 4.69) is 15.9 Å². The van der Waals surface area contributed by atoms with Gasteiger partial charge in [-0.15, -0.1) is 0 Å². The van der Waals surface area contributed by atoms with Gasteiger partial charge in [-0.05, 0) is 45.2 Å². The Morgan fingerprint density at radius 1 is 1.35 bits per heavy atom. The number of hydrogen-bond acceptors (Lipinski definition) is 3. The topological polar surface area (TPSA) is 35.2 Å². The Morgan fingerprint density at radius 2 is 2.10 bits per heavy atom. The molecule has 1 heterocycles. The zero-order valence-electron chi connectivity index (χ0n) is 10.8. The molecular formula is C14H14BrCl2NOS. The normalized spacial score (nSPS) is 14.1. The molecule has 0 aliphatic heterocycles. The summed E-state index contributed by atoms with van der Waals surface area (Å²) in [6.07, 6.45) is 0.573. The van der Waals surface area contributed by atoms with Crippen LogP contribution >= 0.6 is 50.5 Å². The summed E-state index contributed by atoms with van der Waals surface area (Å²) < 4.78 is 6.76. The van der Waals surface area contributed by atoms with E-state index in [0.29, 0.717) is 15.8 Å². The molecule has 2 aromatic rings. The van der Waals surface area contributed by atoms with Crippen LogP contribution in [-0.4, -0.2) is 6.04 Å². The molecular weight excluding hydrogens is 381 g/mol. The minimum absolute atomic E-state index is 0.108. The molecule has 0 bridgehead atoms. The minimum atomic E-state index is -0.235. The Kier molecular flexibility index (Phi) is 5.75. The summed E-state index contributed by atoms with van der Waals surface area (Å²) in [7, 11) is 0. The van der Waals surface area contributed by atoms with Gasteiger partial charge in [-0.25, -0.2) is 0 Å². The molecule has 0 saturated heterocycles. The van der Waals surface area contributed by atoms with Gasteiger partial charge in [0, 0.05) is 22.1 Å². The number of nitrogens with two attached hydrogens (primary N) is 1. The zero-order chi connectivity index (χ0) is 14.7. The third-order valence-electron chi connectivity index (χ3n) is 2.96. The van der Waals surface area contributed by atoms with E-state index in [1.54, 1.807) is 23.5 Å². The quantitative estimate of drug-likeness (QED) is 0.662. The molecule has 6 heteroatoms. The summed E-state index contributed by atoms with van der Waals surface area (Å²) in [5, 5.41) is 5.10. The van der Waals surface area contributed by atoms with E-state index in [1.807, 2.05) is 23.8 Å². The van der Waals surface area contributed by atoms with E-state index in [0.717, 1.165) is 16.5 Å². The fourth-order valence-electron chi connectivity index (χ4n) is 1.79. The van der Waals surface area contributed by atoms with Crippen LogP contribution < -0.4 is 10.5 Å². The molecule has 0 saturated carbocycles. The van der Waals surface area contributed by atoms with Crippen LogP contribution in [0.5, 0.6) is 5.75 Å². The molecule has 0 amide bonds. The van der Waals surface area contributed by atoms with Crippen LogP contribution in [0.1, 0.15) is 25.0 Å². The molecule has 0 spiro atoms. The summed E-state index contributed by atoms with van der Waals surface area (Å²) in [6.45, 7) is 2.03. The number of hydrogen-bond donors (Lipinski definition) is 1. The van der Waals surface area contributed by atoms with Crippen LogP contribution in [0.15, 0.2) is 33.4 Å². The standard InChI is InChI=1S/C14H14BrCl2NOS/c1-2-12(18)14(8-3-4-20-7-8)19-13-6-10(16)9(15)5-11(13)17/h3-7,12,14H,2,18H2,1H3. The Morgan fingerprint density at radius 3 is 2.70 bits per heavy atom. The van der Waals surface area contributed by atoms with Crippen LogP contribution in [0.4, 0.5) is 0 Å². The third-order valence-corrected chi connectivity index (χ3v) is 5.15. The predicted octanol–water partition coefficient (Wildman–Crippen LogP) is 5.67. The van der Waals surface area contributed by atoms with Gasteiger partial charge in [-0.2, -0.15) is 11.3 Å². The highest BCUT2D eigenvalue weighted by atomic mass is 79.9. The van der Waals surface area contributed by atoms with Gasteiger partial charge in [0.2, 0.25) is 0 Å². The van der Waals surface area contributed by atoms with E-state index >= 15 is 0 Å². The summed E-state index contributed by atoms with van der Waals surface area (Å²) in [5.74, 6) is 0.542. The van der Waals surface area contributed by atoms with Gasteiger partial charge in [-0.1, -0.05) is 30.1 Å². The fourth-order valence-corrected chi connectivity index (χ4v) is 3.31. The van der Waals surface area contributed by atoms with Crippen molar-refractivity contribution in [1.82, 2.24) is 0 Å². The van der Waals surface area contributed by atoms with E-state index in [4.69, 9.17) is 33.7 Å². The van der Waals surface area contributed by atoms with Crippen molar-refractivity contribution >= 4 is 50.5 Å². The second-order valence-corrected chi connectivity index (χ2v) is 6.81. The number of rotatable bonds is 5. The highest BCUT2D eigenvalue weighted by molar-refractivity contribution is 9.10. The Hall–Kier alpha value is -0.260. The first-order chi connectivity index (χ1) is 9.52. The second kappa shape index (κ2) is 7.14. The highest BCUT2D eigenvalue weighted by Crippen LogP contribution is 2.37. The van der Waals surface area contributed by atoms with Gasteiger partial charge >= 0.3 is 0 Å². The number of benzene rings is 1. The van der Waals surface area contributed by atoms with E-state index in [9.17, 15) is 0 Å². The molecule has 0 aliphatic rings. The van der Waals surface area contributed by atoms with Gasteiger partial charge in [0.1, 0.15) is 11.9 Å². The number of ether oxygens (including phenoxy) is 1. The monoisotopic (exact) mass is 393 g/mol. The molecule has 2 atom stereocenters. The average molecular weight is 395 g/mol. The maximum Gasteiger partial charge on any atom is 0.140 e. The van der Waals surface area contributed by atoms with Crippen molar-refractivity contribution in [2.75, 3.05) is 0 Å². The van der Waals surface area contributed by atoms with E-state index < -0.39 is 0 Å². The SMILES string of the molecule is CCC(N)C(Oc1cc(Cl)c(Br)cc1Cl)c1ccsc1. The summed E-state index contributed by atoms with van der Waals surface area (Å²) in [5.41, 5.74) is 7.22. The molecule has 2 N–H and O–H groups in total. The average Bonchev–Trinajstić information content (AvgIpc) is 2.94. The Labute approximate surface area is 141 Å². The van der Waals surface area contributed by atoms with Crippen LogP contribution in [-0.2, 0) is 0 Å². The summed E-state index contributed by atoms with van der Waals surface area (Å²) >= 11 is 17.2. The number of halogens is 3. The molecule has 0 fully saturated rings. The van der Waals surface area contributed by atoms with Crippen molar-refractivity contribution in [3.05, 3.63) is 49.0 Å². The first kappa shape index (κ1) is 16.1. The first-order valence-electron chi connectivity index (χ1n) is 6.11. The van der Waals surface area contributed by atoms with Gasteiger partial charge in [0.15, 0.2) is 0 Å². The second-order valence-electron chi connectivity index (χ2n) is 4.36. The van der Waals surface area contributed by atoms with Gasteiger partial charge in [0.05, 0.1) is 10.0 Å². The molecule has 108 valence electrons. The van der Waals surface area contributed by atoms with Crippen LogP contribution in [0, 0.1) is 0 Å². The lowest BCUT2D eigenvalue weighted by Gasteiger charge is -2.24. The van der Waals surface area contributed by atoms with E-state index in [-0.39, 0.29) is 12.1 Å². The van der Waals surface area contributed by atoms with Crippen LogP contribution in [0.3, 0.4) is 0 Å². The lowest BCUT2D eigenvalue weighted by atomic mass is 10.0. The molecule has 0 aliphatic carbocycles. The van der Waals surface area contributed by atoms with Crippen molar-refractivity contribution in [1.29, 1.82) is 0 Å². The van der Waals surface area contributed by atoms with E-state index in [1.165, 1.54) is 0 Å². The van der Waals surface area contributed by atoms with Crippen molar-refractivity contribution in [3.8, 4) is 5.75 Å². The maximum atomic E-state index is 6.20. The summed E-state index contributed by atoms with van der Waals surface area (Å²) in [6, 6.07) is 5.33. The molecule has 1 aromatic heterocycles. The van der Waals surface area contributed by atoms with Gasteiger partial charge < -0.3 is 10.5 Å². The maximum absolute atomic E-state index is 6.20.